The molecule has 3 aromatic carbocycles. The SMILES string of the molecule is C#CC#CC#CC#CC1=C(C#CC#CC#CC#CC)C(=O)C=C(CCCCCCCCCC[PH](c2ccccc2)(c2ccccc2)c2ccccc2)C1=O. The predicted octanol–water partition coefficient (Wildman–Crippen LogP) is 7.28. The summed E-state index contributed by atoms with van der Waals surface area (Å²) in [5.74, 6) is 37.5. The molecule has 0 saturated carbocycles. The number of unbranched alkanes of at least 4 members (excludes halogenated alkanes) is 7. The quantitative estimate of drug-likeness (QED) is 0.0762. The Morgan fingerprint density at radius 1 is 0.500 bits per heavy atom. The Balaban J connectivity index is 1.30. The standard InChI is InChI=1S/C51H41O2P/c1-3-5-7-9-13-18-30-40-48-49(41-31-17-10-8-6-4-2)51(53)44(43-50(48)52)33-23-16-14-11-12-15-19-32-42-54(45-34-24-20-25-35-45,46-36-26-21-27-37-46)47-38-28-22-29-39-47/h2,20-22,24-29,34-39,43,54H,11-12,14-16,19,23,32-33,42H2,1H3. The molecule has 3 aromatic rings. The second kappa shape index (κ2) is 23.1. The average molecular weight is 717 g/mol. The maximum atomic E-state index is 13.4. The van der Waals surface area contributed by atoms with Crippen LogP contribution in [-0.2, 0) is 9.59 Å². The van der Waals surface area contributed by atoms with Gasteiger partial charge in [0.2, 0.25) is 0 Å². The molecule has 262 valence electrons. The van der Waals surface area contributed by atoms with Gasteiger partial charge in [0.15, 0.2) is 5.78 Å². The molecule has 4 rings (SSSR count). The topological polar surface area (TPSA) is 34.1 Å². The minimum Gasteiger partial charge on any atom is -0.288 e. The van der Waals surface area contributed by atoms with Crippen molar-refractivity contribution in [3.05, 3.63) is 114 Å². The summed E-state index contributed by atoms with van der Waals surface area (Å²) in [5, 5.41) is 4.38. The number of terminal acetylenes is 1. The molecule has 0 atom stereocenters. The van der Waals surface area contributed by atoms with E-state index in [1.807, 2.05) is 0 Å². The Bertz CT molecular complexity index is 2260. The van der Waals surface area contributed by atoms with E-state index >= 15 is 0 Å². The molecular weight excluding hydrogens is 676 g/mol. The van der Waals surface area contributed by atoms with Gasteiger partial charge in [0, 0.05) is 0 Å². The molecule has 3 heteroatoms. The van der Waals surface area contributed by atoms with E-state index in [1.165, 1.54) is 53.8 Å². The summed E-state index contributed by atoms with van der Waals surface area (Å²) in [5.41, 5.74) is 0.459. The van der Waals surface area contributed by atoms with Gasteiger partial charge in [-0.05, 0) is 89.8 Å². The normalized spacial score (nSPS) is 11.5. The number of benzene rings is 3. The third-order valence-corrected chi connectivity index (χ3v) is 14.1. The van der Waals surface area contributed by atoms with Crippen molar-refractivity contribution >= 4 is 34.7 Å². The van der Waals surface area contributed by atoms with Crippen LogP contribution in [-0.4, -0.2) is 17.7 Å². The van der Waals surface area contributed by atoms with Gasteiger partial charge in [-0.2, -0.15) is 0 Å². The van der Waals surface area contributed by atoms with E-state index in [0.717, 1.165) is 25.7 Å². The van der Waals surface area contributed by atoms with Crippen LogP contribution in [0.5, 0.6) is 0 Å². The Morgan fingerprint density at radius 3 is 1.43 bits per heavy atom. The number of hydrogen-bond acceptors (Lipinski definition) is 2. The van der Waals surface area contributed by atoms with E-state index in [0.29, 0.717) is 12.0 Å². The average Bonchev–Trinajstić information content (AvgIpc) is 3.21. The molecule has 0 saturated heterocycles. The summed E-state index contributed by atoms with van der Waals surface area (Å²) >= 11 is 0. The number of allylic oxidation sites excluding steroid dienone is 4. The molecule has 54 heavy (non-hydrogen) atoms. The summed E-state index contributed by atoms with van der Waals surface area (Å²) in [7, 11) is -2.18. The van der Waals surface area contributed by atoms with E-state index < -0.39 is 7.26 Å². The van der Waals surface area contributed by atoms with E-state index in [9.17, 15) is 9.59 Å². The Morgan fingerprint density at radius 2 is 0.926 bits per heavy atom. The first-order valence-electron chi connectivity index (χ1n) is 18.2. The van der Waals surface area contributed by atoms with Crippen molar-refractivity contribution in [2.45, 2.75) is 64.7 Å². The fourth-order valence-corrected chi connectivity index (χ4v) is 11.4. The van der Waals surface area contributed by atoms with Crippen molar-refractivity contribution in [3.8, 4) is 95.2 Å². The van der Waals surface area contributed by atoms with Crippen molar-refractivity contribution in [3.63, 3.8) is 0 Å². The molecule has 0 amide bonds. The number of ketones is 2. The fourth-order valence-electron chi connectivity index (χ4n) is 6.49. The summed E-state index contributed by atoms with van der Waals surface area (Å²) in [6.45, 7) is 1.68. The zero-order valence-corrected chi connectivity index (χ0v) is 31.7. The van der Waals surface area contributed by atoms with Crippen LogP contribution >= 0.6 is 7.26 Å². The van der Waals surface area contributed by atoms with Crippen molar-refractivity contribution in [2.75, 3.05) is 6.16 Å². The van der Waals surface area contributed by atoms with Crippen LogP contribution in [0, 0.1) is 95.2 Å². The third kappa shape index (κ3) is 12.0. The first kappa shape index (κ1) is 40.2. The number of Topliss-reactive ketones (excluding diaryl/α,β-unsaturated/α-hetero) is 1. The molecular formula is C51H41O2P. The Kier molecular flexibility index (Phi) is 17.1. The van der Waals surface area contributed by atoms with Crippen LogP contribution < -0.4 is 15.9 Å². The van der Waals surface area contributed by atoms with Crippen LogP contribution in [0.4, 0.5) is 0 Å². The van der Waals surface area contributed by atoms with Gasteiger partial charge in [0.25, 0.3) is 0 Å². The number of hydrogen-bond donors (Lipinski definition) is 0. The van der Waals surface area contributed by atoms with E-state index in [4.69, 9.17) is 6.42 Å². The van der Waals surface area contributed by atoms with E-state index in [1.54, 1.807) is 6.92 Å². The van der Waals surface area contributed by atoms with Gasteiger partial charge in [-0.15, -0.1) is 6.42 Å². The smallest absolute Gasteiger partial charge is 0.288 e. The minimum absolute atomic E-state index is 0.000387. The molecule has 1 aliphatic rings. The molecule has 0 spiro atoms. The van der Waals surface area contributed by atoms with Gasteiger partial charge in [0.1, 0.15) is 0 Å². The molecule has 0 aliphatic heterocycles. The van der Waals surface area contributed by atoms with Crippen molar-refractivity contribution < 1.29 is 9.59 Å². The number of carbonyl (C=O) groups excluding carboxylic acids is 2. The van der Waals surface area contributed by atoms with Crippen LogP contribution in [0.15, 0.2) is 114 Å². The van der Waals surface area contributed by atoms with Crippen molar-refractivity contribution in [1.29, 1.82) is 0 Å². The fraction of sp³-hybridized carbons (Fsp3) is 0.216. The minimum atomic E-state index is -2.18. The molecule has 1 aliphatic carbocycles. The Labute approximate surface area is 323 Å². The molecule has 0 aromatic heterocycles. The van der Waals surface area contributed by atoms with E-state index in [2.05, 4.69) is 180 Å². The summed E-state index contributed by atoms with van der Waals surface area (Å²) in [4.78, 5) is 26.5. The molecule has 0 fully saturated rings. The van der Waals surface area contributed by atoms with Crippen LogP contribution in [0.25, 0.3) is 0 Å². The number of carbonyl (C=O) groups is 2. The molecule has 0 unspecified atom stereocenters. The van der Waals surface area contributed by atoms with Crippen LogP contribution in [0.3, 0.4) is 0 Å². The number of rotatable bonds is 14. The second-order valence-electron chi connectivity index (χ2n) is 12.5. The summed E-state index contributed by atoms with van der Waals surface area (Å²) < 4.78 is 0. The molecule has 0 radical (unpaired) electrons. The van der Waals surface area contributed by atoms with E-state index in [-0.39, 0.29) is 22.7 Å². The molecule has 0 bridgehead atoms. The predicted molar refractivity (Wildman–Crippen MR) is 227 cm³/mol. The van der Waals surface area contributed by atoms with Crippen LogP contribution in [0.1, 0.15) is 64.7 Å². The molecule has 2 nitrogen and oxygen atoms in total. The first-order chi connectivity index (χ1) is 26.6. The maximum absolute atomic E-state index is 13.4. The van der Waals surface area contributed by atoms with Crippen molar-refractivity contribution in [1.82, 2.24) is 0 Å². The second-order valence-corrected chi connectivity index (χ2v) is 16.5. The monoisotopic (exact) mass is 716 g/mol. The van der Waals surface area contributed by atoms with Gasteiger partial charge < -0.3 is 0 Å². The van der Waals surface area contributed by atoms with Crippen molar-refractivity contribution in [2.24, 2.45) is 0 Å². The first-order valence-corrected chi connectivity index (χ1v) is 20.4. The molecule has 0 heterocycles. The molecule has 0 N–H and O–H groups in total. The Hall–Kier alpha value is -6.61. The van der Waals surface area contributed by atoms with Gasteiger partial charge >= 0.3 is 196 Å². The van der Waals surface area contributed by atoms with Gasteiger partial charge in [-0.3, -0.25) is 9.59 Å². The van der Waals surface area contributed by atoms with Gasteiger partial charge in [0.05, 0.1) is 11.1 Å². The summed E-state index contributed by atoms with van der Waals surface area (Å²) in [6.07, 6.45) is 16.9. The zero-order valence-electron chi connectivity index (χ0n) is 30.7. The van der Waals surface area contributed by atoms with Crippen LogP contribution in [0.2, 0.25) is 0 Å². The van der Waals surface area contributed by atoms with Gasteiger partial charge in [-0.1, -0.05) is 5.92 Å². The third-order valence-electron chi connectivity index (χ3n) is 9.00. The zero-order chi connectivity index (χ0) is 38.1. The van der Waals surface area contributed by atoms with Gasteiger partial charge in [-0.25, -0.2) is 0 Å². The summed E-state index contributed by atoms with van der Waals surface area (Å²) in [6, 6.07) is 33.3.